The Balaban J connectivity index is 1.55. The van der Waals surface area contributed by atoms with Crippen LogP contribution in [-0.4, -0.2) is 11.5 Å². The van der Waals surface area contributed by atoms with Crippen molar-refractivity contribution in [2.45, 2.75) is 58.3 Å². The van der Waals surface area contributed by atoms with Crippen LogP contribution >= 0.6 is 0 Å². The van der Waals surface area contributed by atoms with Crippen molar-refractivity contribution >= 4 is 17.1 Å². The molecule has 0 radical (unpaired) electrons. The standard InChI is InChI=1S/C17H26N2O/c1-2-3-4-5-6-7-8-11-14-18-17-19-15-12-9-10-13-16(15)20-17/h9-10,12-13H,2-8,11,14H2,1H3,(H,18,19). The van der Waals surface area contributed by atoms with Crippen molar-refractivity contribution < 1.29 is 4.42 Å². The number of benzene rings is 1. The molecule has 2 aromatic rings. The number of para-hydroxylation sites is 2. The van der Waals surface area contributed by atoms with Crippen LogP contribution in [0.25, 0.3) is 11.1 Å². The number of aromatic nitrogens is 1. The second kappa shape index (κ2) is 8.62. The summed E-state index contributed by atoms with van der Waals surface area (Å²) in [6.45, 7) is 3.21. The molecule has 0 aliphatic carbocycles. The van der Waals surface area contributed by atoms with E-state index in [0.29, 0.717) is 6.01 Å². The van der Waals surface area contributed by atoms with E-state index in [2.05, 4.69) is 17.2 Å². The number of hydrogen-bond donors (Lipinski definition) is 1. The predicted molar refractivity (Wildman–Crippen MR) is 85.1 cm³/mol. The second-order valence-corrected chi connectivity index (χ2v) is 5.39. The first-order valence-corrected chi connectivity index (χ1v) is 7.99. The first-order chi connectivity index (χ1) is 9.90. The highest BCUT2D eigenvalue weighted by Gasteiger charge is 2.03. The van der Waals surface area contributed by atoms with Crippen LogP contribution in [0.2, 0.25) is 0 Å². The summed E-state index contributed by atoms with van der Waals surface area (Å²) in [4.78, 5) is 4.40. The number of unbranched alkanes of at least 4 members (excludes halogenated alkanes) is 7. The molecule has 1 aromatic carbocycles. The average Bonchev–Trinajstić information content (AvgIpc) is 2.88. The van der Waals surface area contributed by atoms with Crippen LogP contribution in [0, 0.1) is 0 Å². The number of hydrogen-bond acceptors (Lipinski definition) is 3. The highest BCUT2D eigenvalue weighted by molar-refractivity contribution is 5.74. The SMILES string of the molecule is CCCCCCCCCCNc1nc2ccccc2o1. The van der Waals surface area contributed by atoms with Crippen LogP contribution in [0.15, 0.2) is 28.7 Å². The lowest BCUT2D eigenvalue weighted by molar-refractivity contribution is 0.574. The van der Waals surface area contributed by atoms with Gasteiger partial charge < -0.3 is 9.73 Å². The zero-order valence-electron chi connectivity index (χ0n) is 12.5. The van der Waals surface area contributed by atoms with E-state index < -0.39 is 0 Å². The Morgan fingerprint density at radius 1 is 0.950 bits per heavy atom. The molecule has 0 aliphatic heterocycles. The molecule has 0 saturated heterocycles. The fourth-order valence-electron chi connectivity index (χ4n) is 2.40. The van der Waals surface area contributed by atoms with Crippen molar-refractivity contribution in [3.63, 3.8) is 0 Å². The van der Waals surface area contributed by atoms with Crippen molar-refractivity contribution in [2.24, 2.45) is 0 Å². The topological polar surface area (TPSA) is 38.1 Å². The van der Waals surface area contributed by atoms with Crippen LogP contribution in [0.3, 0.4) is 0 Å². The normalized spacial score (nSPS) is 11.1. The molecule has 0 saturated carbocycles. The van der Waals surface area contributed by atoms with E-state index in [1.54, 1.807) is 0 Å². The summed E-state index contributed by atoms with van der Waals surface area (Å²) >= 11 is 0. The molecule has 3 nitrogen and oxygen atoms in total. The molecule has 110 valence electrons. The summed E-state index contributed by atoms with van der Waals surface area (Å²) in [6.07, 6.45) is 10.7. The molecule has 20 heavy (non-hydrogen) atoms. The molecule has 0 fully saturated rings. The quantitative estimate of drug-likeness (QED) is 0.591. The molecule has 2 rings (SSSR count). The molecule has 3 heteroatoms. The summed E-state index contributed by atoms with van der Waals surface area (Å²) in [5, 5.41) is 3.27. The van der Waals surface area contributed by atoms with E-state index in [9.17, 15) is 0 Å². The van der Waals surface area contributed by atoms with E-state index in [0.717, 1.165) is 17.6 Å². The third-order valence-electron chi connectivity index (χ3n) is 3.60. The van der Waals surface area contributed by atoms with Crippen molar-refractivity contribution in [3.8, 4) is 0 Å². The van der Waals surface area contributed by atoms with Gasteiger partial charge in [0.05, 0.1) is 0 Å². The maximum absolute atomic E-state index is 5.62. The monoisotopic (exact) mass is 274 g/mol. The second-order valence-electron chi connectivity index (χ2n) is 5.39. The number of fused-ring (bicyclic) bond motifs is 1. The number of rotatable bonds is 10. The molecule has 0 atom stereocenters. The van der Waals surface area contributed by atoms with Gasteiger partial charge in [0.25, 0.3) is 6.01 Å². The third-order valence-corrected chi connectivity index (χ3v) is 3.60. The Kier molecular flexibility index (Phi) is 6.42. The fourth-order valence-corrected chi connectivity index (χ4v) is 2.40. The van der Waals surface area contributed by atoms with Gasteiger partial charge in [-0.25, -0.2) is 0 Å². The summed E-state index contributed by atoms with van der Waals surface area (Å²) in [7, 11) is 0. The Labute approximate surface area is 121 Å². The van der Waals surface area contributed by atoms with Crippen LogP contribution in [0.4, 0.5) is 6.01 Å². The summed E-state index contributed by atoms with van der Waals surface area (Å²) in [5.74, 6) is 0. The molecule has 1 N–H and O–H groups in total. The molecule has 0 aliphatic rings. The largest absolute Gasteiger partial charge is 0.424 e. The van der Waals surface area contributed by atoms with Crippen molar-refractivity contribution in [1.82, 2.24) is 4.98 Å². The van der Waals surface area contributed by atoms with Gasteiger partial charge in [-0.3, -0.25) is 0 Å². The summed E-state index contributed by atoms with van der Waals surface area (Å²) in [5.41, 5.74) is 1.77. The molecule has 0 spiro atoms. The minimum absolute atomic E-state index is 0.647. The lowest BCUT2D eigenvalue weighted by atomic mass is 10.1. The zero-order valence-corrected chi connectivity index (χ0v) is 12.5. The molecule has 0 bridgehead atoms. The lowest BCUT2D eigenvalue weighted by Gasteiger charge is -2.02. The van der Waals surface area contributed by atoms with Crippen molar-refractivity contribution in [2.75, 3.05) is 11.9 Å². The molecular formula is C17H26N2O. The van der Waals surface area contributed by atoms with Crippen LogP contribution in [-0.2, 0) is 0 Å². The Morgan fingerprint density at radius 2 is 1.65 bits per heavy atom. The third kappa shape index (κ3) is 4.87. The molecule has 0 amide bonds. The molecule has 1 aromatic heterocycles. The highest BCUT2D eigenvalue weighted by atomic mass is 16.4. The van der Waals surface area contributed by atoms with E-state index in [1.165, 1.54) is 51.4 Å². The van der Waals surface area contributed by atoms with E-state index >= 15 is 0 Å². The Morgan fingerprint density at radius 3 is 2.40 bits per heavy atom. The highest BCUT2D eigenvalue weighted by Crippen LogP contribution is 2.18. The fraction of sp³-hybridized carbons (Fsp3) is 0.588. The van der Waals surface area contributed by atoms with Gasteiger partial charge in [-0.2, -0.15) is 4.98 Å². The van der Waals surface area contributed by atoms with Gasteiger partial charge in [-0.15, -0.1) is 0 Å². The minimum Gasteiger partial charge on any atom is -0.424 e. The van der Waals surface area contributed by atoms with Gasteiger partial charge in [-0.1, -0.05) is 64.0 Å². The van der Waals surface area contributed by atoms with Crippen LogP contribution in [0.5, 0.6) is 0 Å². The molecule has 1 heterocycles. The van der Waals surface area contributed by atoms with E-state index in [-0.39, 0.29) is 0 Å². The maximum atomic E-state index is 5.62. The van der Waals surface area contributed by atoms with Crippen molar-refractivity contribution in [1.29, 1.82) is 0 Å². The van der Waals surface area contributed by atoms with Crippen LogP contribution in [0.1, 0.15) is 58.3 Å². The van der Waals surface area contributed by atoms with Gasteiger partial charge in [0.15, 0.2) is 5.58 Å². The van der Waals surface area contributed by atoms with Gasteiger partial charge in [0, 0.05) is 6.54 Å². The summed E-state index contributed by atoms with van der Waals surface area (Å²) in [6, 6.07) is 8.52. The van der Waals surface area contributed by atoms with Crippen LogP contribution < -0.4 is 5.32 Å². The number of oxazole rings is 1. The Bertz CT molecular complexity index is 459. The molecule has 0 unspecified atom stereocenters. The summed E-state index contributed by atoms with van der Waals surface area (Å²) < 4.78 is 5.62. The van der Waals surface area contributed by atoms with Crippen molar-refractivity contribution in [3.05, 3.63) is 24.3 Å². The zero-order chi connectivity index (χ0) is 14.0. The van der Waals surface area contributed by atoms with Gasteiger partial charge >= 0.3 is 0 Å². The maximum Gasteiger partial charge on any atom is 0.295 e. The first kappa shape index (κ1) is 14.9. The number of nitrogens with one attached hydrogen (secondary N) is 1. The van der Waals surface area contributed by atoms with E-state index in [1.807, 2.05) is 24.3 Å². The molecular weight excluding hydrogens is 248 g/mol. The number of anilines is 1. The van der Waals surface area contributed by atoms with Gasteiger partial charge in [0.1, 0.15) is 5.52 Å². The first-order valence-electron chi connectivity index (χ1n) is 7.99. The smallest absolute Gasteiger partial charge is 0.295 e. The van der Waals surface area contributed by atoms with E-state index in [4.69, 9.17) is 4.42 Å². The predicted octanol–water partition coefficient (Wildman–Crippen LogP) is 5.38. The van der Waals surface area contributed by atoms with Gasteiger partial charge in [-0.05, 0) is 18.6 Å². The van der Waals surface area contributed by atoms with Gasteiger partial charge in [0.2, 0.25) is 0 Å². The Hall–Kier alpha value is -1.51. The minimum atomic E-state index is 0.647. The number of nitrogens with zero attached hydrogens (tertiary/aromatic N) is 1. The average molecular weight is 274 g/mol. The lowest BCUT2D eigenvalue weighted by Crippen LogP contribution is -2.01.